The molecule has 1 unspecified atom stereocenters. The van der Waals surface area contributed by atoms with E-state index in [0.717, 1.165) is 12.0 Å². The summed E-state index contributed by atoms with van der Waals surface area (Å²) in [7, 11) is -3.58. The van der Waals surface area contributed by atoms with Crippen molar-refractivity contribution in [2.24, 2.45) is 11.1 Å². The van der Waals surface area contributed by atoms with E-state index in [-0.39, 0.29) is 28.5 Å². The molecule has 4 N–H and O–H groups in total. The lowest BCUT2D eigenvalue weighted by Crippen LogP contribution is -2.34. The molecule has 0 amide bonds. The second-order valence-electron chi connectivity index (χ2n) is 5.50. The fourth-order valence-corrected chi connectivity index (χ4v) is 3.99. The fraction of sp³-hybridized carbons (Fsp3) is 0.583. The van der Waals surface area contributed by atoms with Crippen molar-refractivity contribution in [2.75, 3.05) is 25.4 Å². The van der Waals surface area contributed by atoms with Crippen LogP contribution in [0, 0.1) is 12.3 Å². The number of rotatable bonds is 3. The number of nitrogens with zero attached hydrogens (tertiary/aromatic N) is 2. The first kappa shape index (κ1) is 17.2. The van der Waals surface area contributed by atoms with Gasteiger partial charge in [-0.15, -0.1) is 12.4 Å². The zero-order valence-electron chi connectivity index (χ0n) is 11.7. The SMILES string of the molecule is Cc1cnc(N)c(S(=O)(=O)N2CCC(C)(CN)C2)c1.Cl. The third kappa shape index (κ3) is 3.06. The second-order valence-corrected chi connectivity index (χ2v) is 7.41. The normalized spacial score (nSPS) is 23.6. The summed E-state index contributed by atoms with van der Waals surface area (Å²) >= 11 is 0. The predicted octanol–water partition coefficient (Wildman–Crippen LogP) is 0.753. The molecule has 1 atom stereocenters. The van der Waals surface area contributed by atoms with E-state index in [2.05, 4.69) is 4.98 Å². The lowest BCUT2D eigenvalue weighted by atomic mass is 9.90. The summed E-state index contributed by atoms with van der Waals surface area (Å²) in [5.74, 6) is 0.0481. The molecular formula is C12H21ClN4O2S. The average molecular weight is 321 g/mol. The van der Waals surface area contributed by atoms with Crippen molar-refractivity contribution >= 4 is 28.2 Å². The number of nitrogen functional groups attached to an aromatic ring is 1. The van der Waals surface area contributed by atoms with Crippen LogP contribution in [0.1, 0.15) is 18.9 Å². The molecule has 8 heteroatoms. The van der Waals surface area contributed by atoms with E-state index in [9.17, 15) is 8.42 Å². The van der Waals surface area contributed by atoms with Gasteiger partial charge in [-0.2, -0.15) is 4.31 Å². The highest BCUT2D eigenvalue weighted by Gasteiger charge is 2.39. The van der Waals surface area contributed by atoms with Crippen molar-refractivity contribution in [1.82, 2.24) is 9.29 Å². The van der Waals surface area contributed by atoms with E-state index in [1.165, 1.54) is 4.31 Å². The van der Waals surface area contributed by atoms with Crippen LogP contribution >= 0.6 is 12.4 Å². The first-order chi connectivity index (χ1) is 8.78. The van der Waals surface area contributed by atoms with Gasteiger partial charge < -0.3 is 11.5 Å². The molecule has 1 fully saturated rings. The van der Waals surface area contributed by atoms with Crippen molar-refractivity contribution in [3.8, 4) is 0 Å². The summed E-state index contributed by atoms with van der Waals surface area (Å²) in [4.78, 5) is 4.01. The summed E-state index contributed by atoms with van der Waals surface area (Å²) in [6, 6.07) is 1.57. The second kappa shape index (κ2) is 5.85. The van der Waals surface area contributed by atoms with E-state index < -0.39 is 10.0 Å². The Bertz CT molecular complexity index is 593. The Hall–Kier alpha value is -0.890. The number of sulfonamides is 1. The highest BCUT2D eigenvalue weighted by molar-refractivity contribution is 7.89. The molecule has 0 saturated carbocycles. The third-order valence-electron chi connectivity index (χ3n) is 3.65. The smallest absolute Gasteiger partial charge is 0.246 e. The maximum absolute atomic E-state index is 12.6. The van der Waals surface area contributed by atoms with Crippen LogP contribution in [0.15, 0.2) is 17.2 Å². The molecule has 20 heavy (non-hydrogen) atoms. The maximum atomic E-state index is 12.6. The van der Waals surface area contributed by atoms with Crippen LogP contribution in [0.25, 0.3) is 0 Å². The maximum Gasteiger partial charge on any atom is 0.246 e. The molecular weight excluding hydrogens is 300 g/mol. The molecule has 6 nitrogen and oxygen atoms in total. The van der Waals surface area contributed by atoms with Gasteiger partial charge in [0, 0.05) is 19.3 Å². The number of aryl methyl sites for hydroxylation is 1. The molecule has 1 aliphatic heterocycles. The Morgan fingerprint density at radius 2 is 2.15 bits per heavy atom. The van der Waals surface area contributed by atoms with E-state index in [0.29, 0.717) is 19.6 Å². The van der Waals surface area contributed by atoms with Gasteiger partial charge in [0.1, 0.15) is 10.7 Å². The quantitative estimate of drug-likeness (QED) is 0.855. The summed E-state index contributed by atoms with van der Waals surface area (Å²) in [6.45, 7) is 5.17. The molecule has 1 saturated heterocycles. The third-order valence-corrected chi connectivity index (χ3v) is 5.53. The van der Waals surface area contributed by atoms with Gasteiger partial charge in [-0.3, -0.25) is 0 Å². The van der Waals surface area contributed by atoms with Gasteiger partial charge in [-0.25, -0.2) is 13.4 Å². The summed E-state index contributed by atoms with van der Waals surface area (Å²) in [5.41, 5.74) is 12.0. The standard InChI is InChI=1S/C12H20N4O2S.ClH/c1-9-5-10(11(14)15-6-9)19(17,18)16-4-3-12(2,7-13)8-16;/h5-6H,3-4,7-8,13H2,1-2H3,(H2,14,15);1H. The molecule has 2 heterocycles. The summed E-state index contributed by atoms with van der Waals surface area (Å²) in [6.07, 6.45) is 2.32. The Balaban J connectivity index is 0.00000200. The van der Waals surface area contributed by atoms with Gasteiger partial charge in [-0.1, -0.05) is 6.92 Å². The van der Waals surface area contributed by atoms with Crippen molar-refractivity contribution < 1.29 is 8.42 Å². The Kier molecular flexibility index (Phi) is 5.02. The Labute approximate surface area is 126 Å². The monoisotopic (exact) mass is 320 g/mol. The minimum Gasteiger partial charge on any atom is -0.383 e. The van der Waals surface area contributed by atoms with Crippen LogP contribution in [0.4, 0.5) is 5.82 Å². The Morgan fingerprint density at radius 1 is 1.50 bits per heavy atom. The lowest BCUT2D eigenvalue weighted by molar-refractivity contribution is 0.349. The minimum atomic E-state index is -3.58. The van der Waals surface area contributed by atoms with Crippen molar-refractivity contribution in [1.29, 1.82) is 0 Å². The average Bonchev–Trinajstić information content (AvgIpc) is 2.76. The molecule has 0 aliphatic carbocycles. The number of pyridine rings is 1. The molecule has 2 rings (SSSR count). The molecule has 1 aromatic rings. The number of hydrogen-bond donors (Lipinski definition) is 2. The van der Waals surface area contributed by atoms with E-state index in [1.807, 2.05) is 6.92 Å². The molecule has 0 aromatic carbocycles. The fourth-order valence-electron chi connectivity index (χ4n) is 2.25. The first-order valence-corrected chi connectivity index (χ1v) is 7.65. The van der Waals surface area contributed by atoms with E-state index in [4.69, 9.17) is 11.5 Å². The van der Waals surface area contributed by atoms with Crippen LogP contribution in [0.2, 0.25) is 0 Å². The zero-order chi connectivity index (χ0) is 14.3. The molecule has 0 spiro atoms. The molecule has 114 valence electrons. The van der Waals surface area contributed by atoms with Crippen LogP contribution in [0.3, 0.4) is 0 Å². The number of hydrogen-bond acceptors (Lipinski definition) is 5. The number of nitrogens with two attached hydrogens (primary N) is 2. The van der Waals surface area contributed by atoms with Crippen molar-refractivity contribution in [3.63, 3.8) is 0 Å². The van der Waals surface area contributed by atoms with Crippen LogP contribution in [0.5, 0.6) is 0 Å². The van der Waals surface area contributed by atoms with Gasteiger partial charge >= 0.3 is 0 Å². The van der Waals surface area contributed by atoms with Gasteiger partial charge in [0.05, 0.1) is 0 Å². The number of halogens is 1. The Morgan fingerprint density at radius 3 is 2.70 bits per heavy atom. The van der Waals surface area contributed by atoms with Crippen molar-refractivity contribution in [3.05, 3.63) is 17.8 Å². The topological polar surface area (TPSA) is 102 Å². The van der Waals surface area contributed by atoms with Crippen LogP contribution < -0.4 is 11.5 Å². The van der Waals surface area contributed by atoms with Gasteiger partial charge in [0.2, 0.25) is 10.0 Å². The molecule has 1 aromatic heterocycles. The summed E-state index contributed by atoms with van der Waals surface area (Å²) < 4.78 is 26.6. The van der Waals surface area contributed by atoms with Gasteiger partial charge in [0.15, 0.2) is 0 Å². The molecule has 1 aliphatic rings. The number of aromatic nitrogens is 1. The highest BCUT2D eigenvalue weighted by atomic mass is 35.5. The van der Waals surface area contributed by atoms with Crippen molar-refractivity contribution in [2.45, 2.75) is 25.2 Å². The van der Waals surface area contributed by atoms with E-state index >= 15 is 0 Å². The van der Waals surface area contributed by atoms with Crippen LogP contribution in [-0.2, 0) is 10.0 Å². The lowest BCUT2D eigenvalue weighted by Gasteiger charge is -2.22. The highest BCUT2D eigenvalue weighted by Crippen LogP contribution is 2.33. The zero-order valence-corrected chi connectivity index (χ0v) is 13.3. The number of anilines is 1. The minimum absolute atomic E-state index is 0. The van der Waals surface area contributed by atoms with Gasteiger partial charge in [0.25, 0.3) is 0 Å². The first-order valence-electron chi connectivity index (χ1n) is 6.21. The van der Waals surface area contributed by atoms with Gasteiger partial charge in [-0.05, 0) is 36.9 Å². The largest absolute Gasteiger partial charge is 0.383 e. The predicted molar refractivity (Wildman–Crippen MR) is 81.2 cm³/mol. The van der Waals surface area contributed by atoms with Crippen LogP contribution in [-0.4, -0.2) is 37.3 Å². The van der Waals surface area contributed by atoms with E-state index in [1.54, 1.807) is 19.2 Å². The summed E-state index contributed by atoms with van der Waals surface area (Å²) in [5, 5.41) is 0. The molecule has 0 bridgehead atoms. The molecule has 0 radical (unpaired) electrons.